The molecule has 0 aliphatic carbocycles. The molecular formula is C38H52F2N6O8. The van der Waals surface area contributed by atoms with Gasteiger partial charge in [-0.15, -0.1) is 0 Å². The van der Waals surface area contributed by atoms with Crippen molar-refractivity contribution < 1.29 is 47.1 Å². The van der Waals surface area contributed by atoms with Crippen LogP contribution >= 0.6 is 0 Å². The molecular weight excluding hydrogens is 706 g/mol. The van der Waals surface area contributed by atoms with Crippen molar-refractivity contribution in [1.82, 2.24) is 30.7 Å². The third kappa shape index (κ3) is 10.4. The van der Waals surface area contributed by atoms with Gasteiger partial charge in [0.05, 0.1) is 0 Å². The van der Waals surface area contributed by atoms with E-state index in [9.17, 15) is 42.3 Å². The number of nitrogens with zero attached hydrogens (tertiary/aromatic N) is 3. The van der Waals surface area contributed by atoms with Crippen molar-refractivity contribution in [2.45, 2.75) is 115 Å². The molecule has 3 aliphatic heterocycles. The summed E-state index contributed by atoms with van der Waals surface area (Å²) < 4.78 is 34.0. The summed E-state index contributed by atoms with van der Waals surface area (Å²) in [6.45, 7) is 6.72. The molecule has 7 atom stereocenters. The average Bonchev–Trinajstić information content (AvgIpc) is 3.78. The largest absolute Gasteiger partial charge is 0.461 e. The quantitative estimate of drug-likeness (QED) is 0.184. The molecule has 3 aliphatic rings. The van der Waals surface area contributed by atoms with Crippen molar-refractivity contribution in [3.8, 4) is 0 Å². The predicted molar refractivity (Wildman–Crippen MR) is 192 cm³/mol. The maximum Gasteiger partial charge on any atom is 0.328 e. The van der Waals surface area contributed by atoms with E-state index in [0.717, 1.165) is 25.0 Å². The molecule has 16 heteroatoms. The molecule has 6 amide bonds. The molecule has 0 aromatic heterocycles. The fourth-order valence-electron chi connectivity index (χ4n) is 7.05. The summed E-state index contributed by atoms with van der Waals surface area (Å²) in [5.74, 6) is -6.67. The Labute approximate surface area is 314 Å². The molecule has 3 heterocycles. The Balaban J connectivity index is 1.69. The Bertz CT molecular complexity index is 1600. The SMILES string of the molecule is CCCC/C=C/C(=O)N[C@@H](Cc1cc(F)cc(F)c1)C(=O)N[C@H]1COC(=O)[C@@H]2C[C@@H](C)CN2C(=O)[C@H](CC)NC(=O)[C@H](C)N(C)C(=O)[C@@H]2CCCN2C1=O. The van der Waals surface area contributed by atoms with Crippen molar-refractivity contribution in [2.75, 3.05) is 26.7 Å². The number of fused-ring (bicyclic) bond motifs is 2. The van der Waals surface area contributed by atoms with Gasteiger partial charge in [0.15, 0.2) is 0 Å². The van der Waals surface area contributed by atoms with Gasteiger partial charge in [-0.1, -0.05) is 39.7 Å². The van der Waals surface area contributed by atoms with E-state index in [2.05, 4.69) is 16.0 Å². The minimum atomic E-state index is -1.57. The first-order chi connectivity index (χ1) is 25.6. The van der Waals surface area contributed by atoms with Crippen LogP contribution in [0.4, 0.5) is 8.78 Å². The summed E-state index contributed by atoms with van der Waals surface area (Å²) in [6, 6.07) is -4.35. The van der Waals surface area contributed by atoms with E-state index in [-0.39, 0.29) is 50.3 Å². The lowest BCUT2D eigenvalue weighted by atomic mass is 10.0. The number of unbranched alkanes of at least 4 members (excludes halogenated alkanes) is 2. The lowest BCUT2D eigenvalue weighted by Crippen LogP contribution is -2.60. The summed E-state index contributed by atoms with van der Waals surface area (Å²) in [5.41, 5.74) is 0.0514. The number of halogens is 2. The summed E-state index contributed by atoms with van der Waals surface area (Å²) >= 11 is 0. The van der Waals surface area contributed by atoms with Crippen LogP contribution in [0.15, 0.2) is 30.4 Å². The number of rotatable bonds is 10. The summed E-state index contributed by atoms with van der Waals surface area (Å²) in [7, 11) is 1.43. The number of benzene rings is 1. The molecule has 4 rings (SSSR count). The Morgan fingerprint density at radius 1 is 1.00 bits per heavy atom. The summed E-state index contributed by atoms with van der Waals surface area (Å²) in [4.78, 5) is 99.5. The maximum absolute atomic E-state index is 14.3. The van der Waals surface area contributed by atoms with E-state index in [1.807, 2.05) is 13.8 Å². The van der Waals surface area contributed by atoms with Gasteiger partial charge in [-0.3, -0.25) is 28.8 Å². The van der Waals surface area contributed by atoms with E-state index < -0.39 is 95.9 Å². The third-order valence-corrected chi connectivity index (χ3v) is 10.2. The van der Waals surface area contributed by atoms with Gasteiger partial charge in [-0.05, 0) is 68.7 Å². The fourth-order valence-corrected chi connectivity index (χ4v) is 7.05. The first-order valence-corrected chi connectivity index (χ1v) is 18.7. The van der Waals surface area contributed by atoms with Crippen molar-refractivity contribution in [3.63, 3.8) is 0 Å². The summed E-state index contributed by atoms with van der Waals surface area (Å²) in [5, 5.41) is 7.84. The van der Waals surface area contributed by atoms with Crippen LogP contribution in [-0.2, 0) is 44.7 Å². The van der Waals surface area contributed by atoms with Gasteiger partial charge in [0.1, 0.15) is 54.5 Å². The highest BCUT2D eigenvalue weighted by atomic mass is 19.1. The smallest absolute Gasteiger partial charge is 0.328 e. The average molecular weight is 759 g/mol. The van der Waals surface area contributed by atoms with E-state index in [0.29, 0.717) is 18.9 Å². The molecule has 3 saturated heterocycles. The van der Waals surface area contributed by atoms with Gasteiger partial charge >= 0.3 is 5.97 Å². The molecule has 1 aromatic rings. The van der Waals surface area contributed by atoms with Crippen LogP contribution in [0, 0.1) is 17.6 Å². The number of allylic oxidation sites excluding steroid dienone is 1. The van der Waals surface area contributed by atoms with Crippen molar-refractivity contribution in [2.24, 2.45) is 5.92 Å². The zero-order chi connectivity index (χ0) is 39.7. The normalized spacial score (nSPS) is 26.4. The lowest BCUT2D eigenvalue weighted by Gasteiger charge is -2.34. The van der Waals surface area contributed by atoms with Crippen LogP contribution in [0.5, 0.6) is 0 Å². The van der Waals surface area contributed by atoms with Crippen LogP contribution in [0.3, 0.4) is 0 Å². The number of carbonyl (C=O) groups is 7. The second-order valence-corrected chi connectivity index (χ2v) is 14.4. The van der Waals surface area contributed by atoms with Gasteiger partial charge in [-0.25, -0.2) is 13.6 Å². The molecule has 3 N–H and O–H groups in total. The van der Waals surface area contributed by atoms with Gasteiger partial charge in [0, 0.05) is 32.6 Å². The van der Waals surface area contributed by atoms with Crippen LogP contribution < -0.4 is 16.0 Å². The number of hydrogen-bond donors (Lipinski definition) is 3. The fraction of sp³-hybridized carbons (Fsp3) is 0.605. The Morgan fingerprint density at radius 3 is 2.37 bits per heavy atom. The number of carbonyl (C=O) groups excluding carboxylic acids is 7. The molecule has 0 radical (unpaired) electrons. The topological polar surface area (TPSA) is 175 Å². The number of esters is 1. The second-order valence-electron chi connectivity index (χ2n) is 14.4. The number of ether oxygens (including phenoxy) is 1. The molecule has 0 spiro atoms. The first kappa shape index (κ1) is 41.9. The van der Waals surface area contributed by atoms with Crippen LogP contribution in [0.1, 0.15) is 78.2 Å². The van der Waals surface area contributed by atoms with Crippen LogP contribution in [0.2, 0.25) is 0 Å². The molecule has 1 aromatic carbocycles. The van der Waals surface area contributed by atoms with Gasteiger partial charge in [0.2, 0.25) is 35.4 Å². The van der Waals surface area contributed by atoms with Crippen molar-refractivity contribution in [3.05, 3.63) is 47.5 Å². The molecule has 3 fully saturated rings. The van der Waals surface area contributed by atoms with Crippen LogP contribution in [-0.4, -0.2) is 119 Å². The molecule has 14 nitrogen and oxygen atoms in total. The number of likely N-dealkylation sites (N-methyl/N-ethyl adjacent to an activating group) is 1. The number of cyclic esters (lactones) is 1. The van der Waals surface area contributed by atoms with E-state index >= 15 is 0 Å². The Hall–Kier alpha value is -4.89. The van der Waals surface area contributed by atoms with E-state index in [1.54, 1.807) is 13.0 Å². The van der Waals surface area contributed by atoms with Crippen molar-refractivity contribution in [1.29, 1.82) is 0 Å². The number of nitrogens with one attached hydrogen (secondary N) is 3. The van der Waals surface area contributed by atoms with Gasteiger partial charge in [-0.2, -0.15) is 0 Å². The molecule has 0 unspecified atom stereocenters. The highest BCUT2D eigenvalue weighted by Crippen LogP contribution is 2.26. The van der Waals surface area contributed by atoms with Crippen molar-refractivity contribution >= 4 is 41.4 Å². The third-order valence-electron chi connectivity index (χ3n) is 10.2. The minimum Gasteiger partial charge on any atom is -0.461 e. The molecule has 0 bridgehead atoms. The van der Waals surface area contributed by atoms with Gasteiger partial charge < -0.3 is 35.4 Å². The lowest BCUT2D eigenvalue weighted by molar-refractivity contribution is -0.158. The zero-order valence-corrected chi connectivity index (χ0v) is 31.6. The van der Waals surface area contributed by atoms with Gasteiger partial charge in [0.25, 0.3) is 0 Å². The number of amides is 6. The number of hydrogen-bond acceptors (Lipinski definition) is 8. The predicted octanol–water partition coefficient (Wildman–Crippen LogP) is 1.75. The summed E-state index contributed by atoms with van der Waals surface area (Å²) in [6.07, 6.45) is 5.99. The molecule has 0 saturated carbocycles. The highest BCUT2D eigenvalue weighted by molar-refractivity contribution is 5.98. The monoisotopic (exact) mass is 758 g/mol. The zero-order valence-electron chi connectivity index (χ0n) is 31.6. The molecule has 296 valence electrons. The molecule has 54 heavy (non-hydrogen) atoms. The van der Waals surface area contributed by atoms with E-state index in [1.165, 1.54) is 34.7 Å². The Morgan fingerprint density at radius 2 is 1.70 bits per heavy atom. The first-order valence-electron chi connectivity index (χ1n) is 18.7. The standard InChI is InChI=1S/C38H52F2N6O8/c1-6-8-9-10-13-32(47)41-28(18-24-16-25(39)19-26(40)17-24)34(49)43-29-21-54-38(53)31-15-22(3)20-46(31)35(50)27(7-2)42-33(48)23(4)44(5)37(52)30-12-11-14-45(30)36(29)51/h10,13,16-17,19,22-23,27-31H,6-9,11-12,14-15,18,20-21H2,1-5H3,(H,41,47)(H,42,48)(H,43,49)/b13-10+/t22-,23+,27+,28+,29+,30+,31+/m1/s1. The second kappa shape index (κ2) is 18.9. The Kier molecular flexibility index (Phi) is 14.7. The highest BCUT2D eigenvalue weighted by Gasteiger charge is 2.45. The minimum absolute atomic E-state index is 0.0514. The maximum atomic E-state index is 14.3. The van der Waals surface area contributed by atoms with Crippen LogP contribution in [0.25, 0.3) is 0 Å². The van der Waals surface area contributed by atoms with E-state index in [4.69, 9.17) is 4.74 Å².